The number of nitrogens with zero attached hydrogens (tertiary/aromatic N) is 1. The van der Waals surface area contributed by atoms with Crippen LogP contribution >= 0.6 is 0 Å². The number of carbonyl (C=O) groups is 2. The molecular formula is C18H18FNO4. The first-order valence-electron chi connectivity index (χ1n) is 7.90. The molecule has 5 nitrogen and oxygen atoms in total. The lowest BCUT2D eigenvalue weighted by molar-refractivity contribution is 0.0629. The maximum atomic E-state index is 12.9. The van der Waals surface area contributed by atoms with Gasteiger partial charge in [0.2, 0.25) is 5.76 Å². The second-order valence-corrected chi connectivity index (χ2v) is 6.04. The zero-order valence-electron chi connectivity index (χ0n) is 13.1. The van der Waals surface area contributed by atoms with Crippen molar-refractivity contribution < 1.29 is 23.5 Å². The van der Waals surface area contributed by atoms with E-state index in [2.05, 4.69) is 0 Å². The van der Waals surface area contributed by atoms with Gasteiger partial charge in [0.15, 0.2) is 5.76 Å². The van der Waals surface area contributed by atoms with Gasteiger partial charge in [0.05, 0.1) is 0 Å². The second-order valence-electron chi connectivity index (χ2n) is 6.04. The first kappa shape index (κ1) is 16.2. The summed E-state index contributed by atoms with van der Waals surface area (Å²) in [6.45, 7) is 1.21. The number of piperidine rings is 1. The van der Waals surface area contributed by atoms with Crippen LogP contribution in [-0.2, 0) is 6.42 Å². The lowest BCUT2D eigenvalue weighted by Crippen LogP contribution is -2.38. The van der Waals surface area contributed by atoms with E-state index in [0.29, 0.717) is 19.0 Å². The fourth-order valence-electron chi connectivity index (χ4n) is 3.02. The average molecular weight is 331 g/mol. The third-order valence-electron chi connectivity index (χ3n) is 4.37. The molecule has 0 spiro atoms. The SMILES string of the molecule is O=C(O)c1ccc(C(=O)N2CCC(Cc3ccc(F)cc3)CC2)o1. The van der Waals surface area contributed by atoms with Crippen LogP contribution < -0.4 is 0 Å². The molecule has 1 N–H and O–H groups in total. The topological polar surface area (TPSA) is 70.8 Å². The molecule has 0 atom stereocenters. The Morgan fingerprint density at radius 1 is 1.08 bits per heavy atom. The number of carboxylic acid groups (broad SMARTS) is 1. The van der Waals surface area contributed by atoms with Crippen molar-refractivity contribution in [3.63, 3.8) is 0 Å². The molecule has 0 aliphatic carbocycles. The Kier molecular flexibility index (Phi) is 4.64. The summed E-state index contributed by atoms with van der Waals surface area (Å²) in [5.74, 6) is -1.42. The number of hydrogen-bond donors (Lipinski definition) is 1. The largest absolute Gasteiger partial charge is 0.475 e. The number of halogens is 1. The minimum atomic E-state index is -1.19. The van der Waals surface area contributed by atoms with Gasteiger partial charge in [-0.3, -0.25) is 4.79 Å². The van der Waals surface area contributed by atoms with Crippen molar-refractivity contribution in [1.29, 1.82) is 0 Å². The van der Waals surface area contributed by atoms with Crippen LogP contribution in [-0.4, -0.2) is 35.0 Å². The third-order valence-corrected chi connectivity index (χ3v) is 4.37. The number of amides is 1. The van der Waals surface area contributed by atoms with Crippen molar-refractivity contribution in [2.75, 3.05) is 13.1 Å². The number of likely N-dealkylation sites (tertiary alicyclic amines) is 1. The summed E-state index contributed by atoms with van der Waals surface area (Å²) < 4.78 is 18.0. The molecule has 1 aliphatic heterocycles. The van der Waals surface area contributed by atoms with Gasteiger partial charge >= 0.3 is 5.97 Å². The molecule has 1 amide bonds. The van der Waals surface area contributed by atoms with Gasteiger partial charge in [-0.2, -0.15) is 0 Å². The quantitative estimate of drug-likeness (QED) is 0.934. The van der Waals surface area contributed by atoms with Gasteiger partial charge in [-0.05, 0) is 55.0 Å². The van der Waals surface area contributed by atoms with Crippen LogP contribution in [0, 0.1) is 11.7 Å². The molecule has 2 aromatic rings. The Balaban J connectivity index is 1.55. The summed E-state index contributed by atoms with van der Waals surface area (Å²) >= 11 is 0. The van der Waals surface area contributed by atoms with Crippen molar-refractivity contribution in [1.82, 2.24) is 4.90 Å². The fraction of sp³-hybridized carbons (Fsp3) is 0.333. The van der Waals surface area contributed by atoms with E-state index in [4.69, 9.17) is 9.52 Å². The lowest BCUT2D eigenvalue weighted by Gasteiger charge is -2.31. The van der Waals surface area contributed by atoms with Gasteiger partial charge in [-0.25, -0.2) is 9.18 Å². The van der Waals surface area contributed by atoms with Gasteiger partial charge in [0.1, 0.15) is 5.82 Å². The van der Waals surface area contributed by atoms with E-state index >= 15 is 0 Å². The molecule has 0 saturated carbocycles. The number of furan rings is 1. The molecule has 0 bridgehead atoms. The van der Waals surface area contributed by atoms with E-state index in [1.165, 1.54) is 24.3 Å². The normalized spacial score (nSPS) is 15.5. The van der Waals surface area contributed by atoms with Crippen LogP contribution in [0.5, 0.6) is 0 Å². The van der Waals surface area contributed by atoms with Crippen molar-refractivity contribution in [3.05, 3.63) is 59.3 Å². The number of aromatic carboxylic acids is 1. The molecule has 1 aliphatic rings. The summed E-state index contributed by atoms with van der Waals surface area (Å²) in [4.78, 5) is 24.8. The first-order chi connectivity index (χ1) is 11.5. The molecule has 0 radical (unpaired) electrons. The zero-order valence-corrected chi connectivity index (χ0v) is 13.1. The van der Waals surface area contributed by atoms with Crippen molar-refractivity contribution >= 4 is 11.9 Å². The lowest BCUT2D eigenvalue weighted by atomic mass is 9.90. The van der Waals surface area contributed by atoms with Crippen LogP contribution in [0.1, 0.15) is 39.5 Å². The highest BCUT2D eigenvalue weighted by Crippen LogP contribution is 2.23. The molecule has 6 heteroatoms. The van der Waals surface area contributed by atoms with Gasteiger partial charge < -0.3 is 14.4 Å². The predicted octanol–water partition coefficient (Wildman–Crippen LogP) is 3.21. The van der Waals surface area contributed by atoms with E-state index in [0.717, 1.165) is 24.8 Å². The Bertz CT molecular complexity index is 730. The number of carbonyl (C=O) groups excluding carboxylic acids is 1. The highest BCUT2D eigenvalue weighted by atomic mass is 19.1. The predicted molar refractivity (Wildman–Crippen MR) is 84.4 cm³/mol. The van der Waals surface area contributed by atoms with Crippen molar-refractivity contribution in [2.24, 2.45) is 5.92 Å². The molecule has 0 unspecified atom stereocenters. The van der Waals surface area contributed by atoms with Crippen LogP contribution in [0.4, 0.5) is 4.39 Å². The molecule has 3 rings (SSSR count). The molecule has 24 heavy (non-hydrogen) atoms. The molecule has 2 heterocycles. The fourth-order valence-corrected chi connectivity index (χ4v) is 3.02. The van der Waals surface area contributed by atoms with Gasteiger partial charge in [0.25, 0.3) is 5.91 Å². The molecular weight excluding hydrogens is 313 g/mol. The average Bonchev–Trinajstić information content (AvgIpc) is 3.07. The van der Waals surface area contributed by atoms with Crippen molar-refractivity contribution in [2.45, 2.75) is 19.3 Å². The molecule has 1 fully saturated rings. The van der Waals surface area contributed by atoms with Crippen LogP contribution in [0.3, 0.4) is 0 Å². The highest BCUT2D eigenvalue weighted by molar-refractivity contribution is 5.93. The molecule has 126 valence electrons. The van der Waals surface area contributed by atoms with Gasteiger partial charge in [-0.15, -0.1) is 0 Å². The molecule has 1 aromatic heterocycles. The zero-order chi connectivity index (χ0) is 17.1. The Morgan fingerprint density at radius 3 is 2.29 bits per heavy atom. The minimum absolute atomic E-state index is 0.0596. The Labute approximate surface area is 138 Å². The third kappa shape index (κ3) is 3.64. The smallest absolute Gasteiger partial charge is 0.371 e. The van der Waals surface area contributed by atoms with E-state index in [-0.39, 0.29) is 23.2 Å². The van der Waals surface area contributed by atoms with E-state index in [9.17, 15) is 14.0 Å². The Morgan fingerprint density at radius 2 is 1.71 bits per heavy atom. The highest BCUT2D eigenvalue weighted by Gasteiger charge is 2.26. The number of benzene rings is 1. The Hall–Kier alpha value is -2.63. The van der Waals surface area contributed by atoms with Crippen molar-refractivity contribution in [3.8, 4) is 0 Å². The van der Waals surface area contributed by atoms with Crippen LogP contribution in [0.2, 0.25) is 0 Å². The summed E-state index contributed by atoms with van der Waals surface area (Å²) in [5, 5.41) is 8.84. The second kappa shape index (κ2) is 6.86. The summed E-state index contributed by atoms with van der Waals surface area (Å²) in [6, 6.07) is 9.20. The van der Waals surface area contributed by atoms with Crippen LogP contribution in [0.25, 0.3) is 0 Å². The van der Waals surface area contributed by atoms with E-state index in [1.54, 1.807) is 17.0 Å². The molecule has 1 aromatic carbocycles. The van der Waals surface area contributed by atoms with Gasteiger partial charge in [-0.1, -0.05) is 12.1 Å². The van der Waals surface area contributed by atoms with Crippen LogP contribution in [0.15, 0.2) is 40.8 Å². The van der Waals surface area contributed by atoms with E-state index in [1.807, 2.05) is 0 Å². The summed E-state index contributed by atoms with van der Waals surface area (Å²) in [7, 11) is 0. The monoisotopic (exact) mass is 331 g/mol. The molecule has 1 saturated heterocycles. The number of rotatable bonds is 4. The van der Waals surface area contributed by atoms with E-state index < -0.39 is 5.97 Å². The summed E-state index contributed by atoms with van der Waals surface area (Å²) in [6.07, 6.45) is 2.58. The minimum Gasteiger partial charge on any atom is -0.475 e. The number of carboxylic acids is 1. The maximum absolute atomic E-state index is 12.9. The standard InChI is InChI=1S/C18H18FNO4/c19-14-3-1-12(2-4-14)11-13-7-9-20(10-8-13)17(21)15-5-6-16(24-15)18(22)23/h1-6,13H,7-11H2,(H,22,23). The summed E-state index contributed by atoms with van der Waals surface area (Å²) in [5.41, 5.74) is 1.10. The maximum Gasteiger partial charge on any atom is 0.371 e. The van der Waals surface area contributed by atoms with Gasteiger partial charge in [0, 0.05) is 13.1 Å². The number of hydrogen-bond acceptors (Lipinski definition) is 3. The first-order valence-corrected chi connectivity index (χ1v) is 7.90.